The Kier molecular flexibility index (Phi) is 8.02. The zero-order chi connectivity index (χ0) is 21.4. The first-order chi connectivity index (χ1) is 13.8. The molecule has 8 nitrogen and oxygen atoms in total. The lowest BCUT2D eigenvalue weighted by Gasteiger charge is -2.23. The summed E-state index contributed by atoms with van der Waals surface area (Å²) >= 11 is 5.85. The summed E-state index contributed by atoms with van der Waals surface area (Å²) in [6.07, 6.45) is 3.07. The van der Waals surface area contributed by atoms with Crippen LogP contribution in [-0.2, 0) is 11.3 Å². The van der Waals surface area contributed by atoms with Crippen LogP contribution in [0.25, 0.3) is 0 Å². The van der Waals surface area contributed by atoms with Gasteiger partial charge < -0.3 is 10.5 Å². The number of rotatable bonds is 7. The zero-order valence-electron chi connectivity index (χ0n) is 16.3. The summed E-state index contributed by atoms with van der Waals surface area (Å²) in [4.78, 5) is 16.1. The molecule has 7 N–H and O–H groups in total. The van der Waals surface area contributed by atoms with Gasteiger partial charge in [-0.1, -0.05) is 37.6 Å². The zero-order valence-corrected chi connectivity index (χ0v) is 17.1. The molecule has 0 spiro atoms. The number of carbonyl (C=O) groups is 1. The quantitative estimate of drug-likeness (QED) is 0.180. The van der Waals surface area contributed by atoms with E-state index in [1.54, 1.807) is 36.4 Å². The van der Waals surface area contributed by atoms with Crippen LogP contribution in [0.15, 0.2) is 59.4 Å². The van der Waals surface area contributed by atoms with Gasteiger partial charge in [-0.2, -0.15) is 0 Å². The molecule has 9 heteroatoms. The molecule has 0 fully saturated rings. The highest BCUT2D eigenvalue weighted by atomic mass is 35.5. The Morgan fingerprint density at radius 3 is 2.59 bits per heavy atom. The molecule has 0 unspecified atom stereocenters. The Morgan fingerprint density at radius 2 is 1.97 bits per heavy atom. The van der Waals surface area contributed by atoms with E-state index in [2.05, 4.69) is 4.99 Å². The number of allylic oxidation sites excluding steroid dienone is 1. The number of urea groups is 1. The maximum atomic E-state index is 11.8. The van der Waals surface area contributed by atoms with Gasteiger partial charge in [0.25, 0.3) is 0 Å². The molecule has 2 amide bonds. The van der Waals surface area contributed by atoms with Gasteiger partial charge in [0.05, 0.1) is 11.4 Å². The maximum absolute atomic E-state index is 11.8. The Labute approximate surface area is 174 Å². The predicted molar refractivity (Wildman–Crippen MR) is 117 cm³/mol. The Hall–Kier alpha value is -3.07. The fraction of sp³-hybridized carbons (Fsp3) is 0.200. The van der Waals surface area contributed by atoms with Gasteiger partial charge in [-0.25, -0.2) is 21.5 Å². The van der Waals surface area contributed by atoms with E-state index in [1.165, 1.54) is 6.21 Å². The number of nitrogens with two attached hydrogens (primary N) is 3. The van der Waals surface area contributed by atoms with E-state index in [1.807, 2.05) is 31.4 Å². The van der Waals surface area contributed by atoms with E-state index in [0.29, 0.717) is 10.7 Å². The summed E-state index contributed by atoms with van der Waals surface area (Å²) in [6, 6.07) is 11.9. The normalized spacial score (nSPS) is 11.7. The molecule has 0 saturated heterocycles. The van der Waals surface area contributed by atoms with Crippen molar-refractivity contribution in [1.82, 2.24) is 5.43 Å². The first-order valence-electron chi connectivity index (χ1n) is 8.88. The lowest BCUT2D eigenvalue weighted by atomic mass is 9.96. The molecule has 0 radical (unpaired) electrons. The van der Waals surface area contributed by atoms with Crippen molar-refractivity contribution < 1.29 is 9.53 Å². The van der Waals surface area contributed by atoms with Crippen molar-refractivity contribution in [3.63, 3.8) is 0 Å². The first-order valence-corrected chi connectivity index (χ1v) is 9.26. The van der Waals surface area contributed by atoms with Crippen molar-refractivity contribution >= 4 is 35.2 Å². The van der Waals surface area contributed by atoms with Crippen LogP contribution in [-0.4, -0.2) is 12.2 Å². The van der Waals surface area contributed by atoms with Crippen molar-refractivity contribution in [2.24, 2.45) is 22.4 Å². The molecule has 0 aromatic heterocycles. The summed E-state index contributed by atoms with van der Waals surface area (Å²) in [7, 11) is 0. The number of hydrazine groups is 2. The topological polar surface area (TPSA) is 132 Å². The second-order valence-electron chi connectivity index (χ2n) is 6.43. The summed E-state index contributed by atoms with van der Waals surface area (Å²) in [6.45, 7) is 4.18. The van der Waals surface area contributed by atoms with Gasteiger partial charge in [0, 0.05) is 22.9 Å². The van der Waals surface area contributed by atoms with Crippen LogP contribution in [0.5, 0.6) is 0 Å². The third-order valence-corrected chi connectivity index (χ3v) is 4.34. The lowest BCUT2D eigenvalue weighted by molar-refractivity contribution is 0.196. The number of carbonyl (C=O) groups excluding carboxylic acids is 1. The van der Waals surface area contributed by atoms with E-state index < -0.39 is 6.03 Å². The van der Waals surface area contributed by atoms with E-state index >= 15 is 0 Å². The largest absolute Gasteiger partial charge is 0.474 e. The minimum absolute atomic E-state index is 0.117. The molecule has 0 aliphatic heterocycles. The smallest absolute Gasteiger partial charge is 0.350 e. The maximum Gasteiger partial charge on any atom is 0.350 e. The van der Waals surface area contributed by atoms with Gasteiger partial charge in [-0.3, -0.25) is 10.4 Å². The van der Waals surface area contributed by atoms with E-state index in [9.17, 15) is 4.79 Å². The van der Waals surface area contributed by atoms with Crippen LogP contribution >= 0.6 is 11.6 Å². The number of hydrogen-bond donors (Lipinski definition) is 4. The molecule has 0 aliphatic carbocycles. The second kappa shape index (κ2) is 10.5. The van der Waals surface area contributed by atoms with Gasteiger partial charge >= 0.3 is 6.03 Å². The standard InChI is InChI=1S/C20H25ClN6O2/c1-13(2)16-4-3-5-18(27(24)20(28)26-23)17(16)12-29-19(22)10-11-25-15-8-6-14(21)7-9-15/h3-11,13H,12,22-24H2,1-2H3,(H,26,28)/b19-10+,25-11?. The summed E-state index contributed by atoms with van der Waals surface area (Å²) in [5.74, 6) is 11.4. The predicted octanol–water partition coefficient (Wildman–Crippen LogP) is 3.45. The molecular formula is C20H25ClN6O2. The van der Waals surface area contributed by atoms with Gasteiger partial charge in [0.1, 0.15) is 6.61 Å². The SMILES string of the molecule is CC(C)c1cccc(N(N)C(=O)NN)c1CO/C(N)=C/C=Nc1ccc(Cl)cc1. The monoisotopic (exact) mass is 416 g/mol. The minimum atomic E-state index is -0.647. The molecule has 0 heterocycles. The van der Waals surface area contributed by atoms with Crippen molar-refractivity contribution in [3.8, 4) is 0 Å². The number of nitrogens with zero attached hydrogens (tertiary/aromatic N) is 2. The number of anilines is 1. The third kappa shape index (κ3) is 6.21. The van der Waals surface area contributed by atoms with Crippen molar-refractivity contribution in [2.45, 2.75) is 26.4 Å². The van der Waals surface area contributed by atoms with Crippen molar-refractivity contribution in [2.75, 3.05) is 5.01 Å². The molecule has 0 atom stereocenters. The fourth-order valence-corrected chi connectivity index (χ4v) is 2.75. The van der Waals surface area contributed by atoms with E-state index in [0.717, 1.165) is 21.8 Å². The molecule has 2 aromatic rings. The molecular weight excluding hydrogens is 392 g/mol. The van der Waals surface area contributed by atoms with Crippen molar-refractivity contribution in [3.05, 3.63) is 70.6 Å². The molecule has 29 heavy (non-hydrogen) atoms. The number of hydrogen-bond acceptors (Lipinski definition) is 6. The summed E-state index contributed by atoms with van der Waals surface area (Å²) < 4.78 is 5.66. The number of nitrogens with one attached hydrogen (secondary N) is 1. The summed E-state index contributed by atoms with van der Waals surface area (Å²) in [5.41, 5.74) is 10.9. The van der Waals surface area contributed by atoms with E-state index in [4.69, 9.17) is 33.8 Å². The van der Waals surface area contributed by atoms with Gasteiger partial charge in [-0.15, -0.1) is 0 Å². The van der Waals surface area contributed by atoms with Crippen molar-refractivity contribution in [1.29, 1.82) is 0 Å². The molecule has 0 saturated carbocycles. The average molecular weight is 417 g/mol. The number of ether oxygens (including phenoxy) is 1. The van der Waals surface area contributed by atoms with Crippen LogP contribution in [0, 0.1) is 0 Å². The molecule has 0 bridgehead atoms. The van der Waals surface area contributed by atoms with Gasteiger partial charge in [0.15, 0.2) is 5.88 Å². The van der Waals surface area contributed by atoms with Crippen LogP contribution in [0.2, 0.25) is 5.02 Å². The number of halogens is 1. The van der Waals surface area contributed by atoms with Crippen LogP contribution in [0.1, 0.15) is 30.9 Å². The Bertz CT molecular complexity index is 896. The average Bonchev–Trinajstić information content (AvgIpc) is 2.72. The first kappa shape index (κ1) is 22.2. The highest BCUT2D eigenvalue weighted by Gasteiger charge is 2.19. The minimum Gasteiger partial charge on any atom is -0.474 e. The van der Waals surface area contributed by atoms with Crippen LogP contribution in [0.4, 0.5) is 16.2 Å². The van der Waals surface area contributed by atoms with E-state index in [-0.39, 0.29) is 18.4 Å². The molecule has 2 aromatic carbocycles. The lowest BCUT2D eigenvalue weighted by Crippen LogP contribution is -2.48. The number of benzene rings is 2. The fourth-order valence-electron chi connectivity index (χ4n) is 2.62. The number of aliphatic imine (C=N–C) groups is 1. The highest BCUT2D eigenvalue weighted by molar-refractivity contribution is 6.30. The van der Waals surface area contributed by atoms with Gasteiger partial charge in [-0.05, 0) is 41.8 Å². The van der Waals surface area contributed by atoms with Gasteiger partial charge in [0.2, 0.25) is 0 Å². The third-order valence-electron chi connectivity index (χ3n) is 4.08. The molecule has 2 rings (SSSR count). The van der Waals surface area contributed by atoms with Crippen LogP contribution < -0.4 is 27.9 Å². The van der Waals surface area contributed by atoms with Crippen LogP contribution in [0.3, 0.4) is 0 Å². The highest BCUT2D eigenvalue weighted by Crippen LogP contribution is 2.29. The Morgan fingerprint density at radius 1 is 1.28 bits per heavy atom. The second-order valence-corrected chi connectivity index (χ2v) is 6.87. The molecule has 154 valence electrons. The molecule has 0 aliphatic rings. The Balaban J connectivity index is 2.17. The number of amides is 2. The summed E-state index contributed by atoms with van der Waals surface area (Å²) in [5, 5.41) is 1.58.